The number of carbonyl (C=O) groups is 1. The number of hydrogen-bond acceptors (Lipinski definition) is 5. The molecular weight excluding hydrogens is 440 g/mol. The highest BCUT2D eigenvalue weighted by atomic mass is 35.5. The molecule has 0 saturated carbocycles. The van der Waals surface area contributed by atoms with E-state index in [2.05, 4.69) is 48.2 Å². The first-order chi connectivity index (χ1) is 15.5. The summed E-state index contributed by atoms with van der Waals surface area (Å²) in [5, 5.41) is 5.86. The fraction of sp³-hybridized carbons (Fsp3) is 0.280. The number of rotatable bonds is 5. The first kappa shape index (κ1) is 21.2. The molecule has 0 aliphatic heterocycles. The second-order valence-corrected chi connectivity index (χ2v) is 9.89. The summed E-state index contributed by atoms with van der Waals surface area (Å²) in [7, 11) is 0. The van der Waals surface area contributed by atoms with Crippen LogP contribution < -0.4 is 0 Å². The number of nitrogens with zero attached hydrogens (tertiary/aromatic N) is 4. The minimum Gasteiger partial charge on any atom is -0.294 e. The maximum atomic E-state index is 12.9. The van der Waals surface area contributed by atoms with Crippen molar-refractivity contribution >= 4 is 34.9 Å². The van der Waals surface area contributed by atoms with Gasteiger partial charge in [0.1, 0.15) is 0 Å². The molecule has 1 atom stereocenters. The molecule has 2 heterocycles. The predicted molar refractivity (Wildman–Crippen MR) is 128 cm³/mol. The Morgan fingerprint density at radius 3 is 2.69 bits per heavy atom. The summed E-state index contributed by atoms with van der Waals surface area (Å²) < 4.78 is 1.62. The molecule has 4 aromatic rings. The summed E-state index contributed by atoms with van der Waals surface area (Å²) in [5.41, 5.74) is 5.07. The molecule has 2 aromatic carbocycles. The van der Waals surface area contributed by atoms with Crippen LogP contribution in [0.2, 0.25) is 5.02 Å². The predicted octanol–water partition coefficient (Wildman–Crippen LogP) is 6.11. The number of benzene rings is 2. The number of ketones is 1. The van der Waals surface area contributed by atoms with Crippen molar-refractivity contribution in [2.24, 2.45) is 0 Å². The summed E-state index contributed by atoms with van der Waals surface area (Å²) in [6.07, 6.45) is 3.01. The highest BCUT2D eigenvalue weighted by molar-refractivity contribution is 7.98. The van der Waals surface area contributed by atoms with E-state index in [4.69, 9.17) is 16.6 Å². The van der Waals surface area contributed by atoms with E-state index in [1.807, 2.05) is 24.3 Å². The van der Waals surface area contributed by atoms with Gasteiger partial charge in [-0.2, -0.15) is 4.98 Å². The number of carbonyl (C=O) groups excluding carboxylic acids is 1. The average molecular weight is 463 g/mol. The highest BCUT2D eigenvalue weighted by Crippen LogP contribution is 2.33. The second kappa shape index (κ2) is 8.68. The lowest BCUT2D eigenvalue weighted by molar-refractivity contribution is 0.0962. The van der Waals surface area contributed by atoms with Gasteiger partial charge in [-0.15, -0.1) is 5.10 Å². The SMILES string of the molecule is CC(C)c1ccc(C2CC(=O)c3cn4nc(SCc5cccc(Cl)c5)nc4nc3C2)cc1. The molecule has 162 valence electrons. The lowest BCUT2D eigenvalue weighted by Crippen LogP contribution is -2.21. The Morgan fingerprint density at radius 2 is 1.94 bits per heavy atom. The van der Waals surface area contributed by atoms with Crippen LogP contribution in [-0.4, -0.2) is 25.4 Å². The normalized spacial score (nSPS) is 16.0. The van der Waals surface area contributed by atoms with E-state index in [0.29, 0.717) is 39.6 Å². The first-order valence-electron chi connectivity index (χ1n) is 10.7. The quantitative estimate of drug-likeness (QED) is 0.335. The molecule has 5 nitrogen and oxygen atoms in total. The van der Waals surface area contributed by atoms with Crippen molar-refractivity contribution in [3.8, 4) is 0 Å². The van der Waals surface area contributed by atoms with Gasteiger partial charge in [-0.25, -0.2) is 9.50 Å². The summed E-state index contributed by atoms with van der Waals surface area (Å²) in [6, 6.07) is 16.4. The maximum Gasteiger partial charge on any atom is 0.253 e. The smallest absolute Gasteiger partial charge is 0.253 e. The molecule has 5 rings (SSSR count). The lowest BCUT2D eigenvalue weighted by Gasteiger charge is -2.23. The monoisotopic (exact) mass is 462 g/mol. The topological polar surface area (TPSA) is 60.2 Å². The van der Waals surface area contributed by atoms with Gasteiger partial charge in [0.05, 0.1) is 11.3 Å². The molecule has 0 spiro atoms. The van der Waals surface area contributed by atoms with Gasteiger partial charge >= 0.3 is 0 Å². The lowest BCUT2D eigenvalue weighted by atomic mass is 9.81. The van der Waals surface area contributed by atoms with Crippen LogP contribution in [0.5, 0.6) is 0 Å². The van der Waals surface area contributed by atoms with Gasteiger partial charge < -0.3 is 0 Å². The third kappa shape index (κ3) is 4.30. The van der Waals surface area contributed by atoms with Crippen molar-refractivity contribution in [2.75, 3.05) is 0 Å². The van der Waals surface area contributed by atoms with Crippen LogP contribution in [0.1, 0.15) is 64.8 Å². The molecule has 2 aromatic heterocycles. The molecule has 32 heavy (non-hydrogen) atoms. The van der Waals surface area contributed by atoms with E-state index in [0.717, 1.165) is 17.7 Å². The number of hydrogen-bond donors (Lipinski definition) is 0. The number of thioether (sulfide) groups is 1. The van der Waals surface area contributed by atoms with E-state index in [9.17, 15) is 4.79 Å². The molecule has 0 saturated heterocycles. The van der Waals surface area contributed by atoms with E-state index in [1.54, 1.807) is 10.7 Å². The van der Waals surface area contributed by atoms with E-state index in [-0.39, 0.29) is 11.7 Å². The molecule has 1 unspecified atom stereocenters. The van der Waals surface area contributed by atoms with Gasteiger partial charge in [-0.05, 0) is 47.1 Å². The van der Waals surface area contributed by atoms with E-state index < -0.39 is 0 Å². The largest absolute Gasteiger partial charge is 0.294 e. The van der Waals surface area contributed by atoms with Crippen molar-refractivity contribution in [3.63, 3.8) is 0 Å². The Morgan fingerprint density at radius 1 is 1.12 bits per heavy atom. The maximum absolute atomic E-state index is 12.9. The summed E-state index contributed by atoms with van der Waals surface area (Å²) in [6.45, 7) is 4.37. The summed E-state index contributed by atoms with van der Waals surface area (Å²) in [4.78, 5) is 22.2. The minimum atomic E-state index is 0.113. The standard InChI is InChI=1S/C25H23ClN4OS/c1-15(2)17-6-8-18(9-7-17)19-11-22-21(23(31)12-19)13-30-24(27-22)28-25(29-30)32-14-16-4-3-5-20(26)10-16/h3-10,13,15,19H,11-12,14H2,1-2H3. The molecule has 0 radical (unpaired) electrons. The summed E-state index contributed by atoms with van der Waals surface area (Å²) in [5.74, 6) is 1.99. The van der Waals surface area contributed by atoms with Crippen molar-refractivity contribution in [2.45, 2.75) is 49.4 Å². The third-order valence-electron chi connectivity index (χ3n) is 5.89. The van der Waals surface area contributed by atoms with Crippen molar-refractivity contribution in [1.82, 2.24) is 19.6 Å². The zero-order chi connectivity index (χ0) is 22.2. The molecule has 0 amide bonds. The van der Waals surface area contributed by atoms with Gasteiger partial charge in [-0.1, -0.05) is 73.6 Å². The van der Waals surface area contributed by atoms with Crippen molar-refractivity contribution < 1.29 is 4.79 Å². The van der Waals surface area contributed by atoms with Crippen LogP contribution >= 0.6 is 23.4 Å². The fourth-order valence-corrected chi connectivity index (χ4v) is 5.07. The van der Waals surface area contributed by atoms with Gasteiger partial charge in [-0.3, -0.25) is 4.79 Å². The molecule has 1 aliphatic carbocycles. The van der Waals surface area contributed by atoms with Gasteiger partial charge in [0.15, 0.2) is 5.78 Å². The molecule has 0 fully saturated rings. The zero-order valence-electron chi connectivity index (χ0n) is 18.0. The number of Topliss-reactive ketones (excluding diaryl/α,β-unsaturated/α-hetero) is 1. The van der Waals surface area contributed by atoms with Crippen molar-refractivity contribution in [1.29, 1.82) is 0 Å². The Hall–Kier alpha value is -2.70. The Balaban J connectivity index is 1.38. The highest BCUT2D eigenvalue weighted by Gasteiger charge is 2.28. The van der Waals surface area contributed by atoms with E-state index >= 15 is 0 Å². The number of halogens is 1. The van der Waals surface area contributed by atoms with Crippen LogP contribution in [0.3, 0.4) is 0 Å². The molecule has 0 N–H and O–H groups in total. The van der Waals surface area contributed by atoms with Gasteiger partial charge in [0.25, 0.3) is 5.78 Å². The molecule has 0 bridgehead atoms. The van der Waals surface area contributed by atoms with Crippen molar-refractivity contribution in [3.05, 3.63) is 87.7 Å². The minimum absolute atomic E-state index is 0.113. The van der Waals surface area contributed by atoms with Crippen LogP contribution in [-0.2, 0) is 12.2 Å². The Labute approximate surface area is 196 Å². The fourth-order valence-electron chi connectivity index (χ4n) is 4.09. The van der Waals surface area contributed by atoms with Crippen LogP contribution in [0, 0.1) is 0 Å². The van der Waals surface area contributed by atoms with Crippen LogP contribution in [0.4, 0.5) is 0 Å². The molecular formula is C25H23ClN4OS. The number of aromatic nitrogens is 4. The zero-order valence-corrected chi connectivity index (χ0v) is 19.5. The van der Waals surface area contributed by atoms with Crippen LogP contribution in [0.15, 0.2) is 59.9 Å². The van der Waals surface area contributed by atoms with Gasteiger partial charge in [0, 0.05) is 23.4 Å². The van der Waals surface area contributed by atoms with Gasteiger partial charge in [0.2, 0.25) is 5.16 Å². The Bertz CT molecular complexity index is 1300. The Kier molecular flexibility index (Phi) is 5.74. The average Bonchev–Trinajstić information content (AvgIpc) is 3.18. The molecule has 7 heteroatoms. The molecule has 1 aliphatic rings. The summed E-state index contributed by atoms with van der Waals surface area (Å²) >= 11 is 7.59. The third-order valence-corrected chi connectivity index (χ3v) is 7.04. The van der Waals surface area contributed by atoms with E-state index in [1.165, 1.54) is 22.9 Å². The second-order valence-electron chi connectivity index (χ2n) is 8.51. The first-order valence-corrected chi connectivity index (χ1v) is 12.1. The van der Waals surface area contributed by atoms with Crippen LogP contribution in [0.25, 0.3) is 5.78 Å². The number of fused-ring (bicyclic) bond motifs is 2.